The van der Waals surface area contributed by atoms with Crippen molar-refractivity contribution in [3.8, 4) is 0 Å². The normalized spacial score (nSPS) is 16.3. The lowest BCUT2D eigenvalue weighted by molar-refractivity contribution is -0.155. The van der Waals surface area contributed by atoms with Crippen LogP contribution >= 0.6 is 0 Å². The van der Waals surface area contributed by atoms with Crippen LogP contribution in [0.1, 0.15) is 37.8 Å². The van der Waals surface area contributed by atoms with Gasteiger partial charge in [0, 0.05) is 5.92 Å². The van der Waals surface area contributed by atoms with Crippen molar-refractivity contribution >= 4 is 17.6 Å². The fourth-order valence-corrected chi connectivity index (χ4v) is 3.49. The van der Waals surface area contributed by atoms with Crippen LogP contribution in [-0.2, 0) is 9.53 Å². The smallest absolute Gasteiger partial charge is 0.339 e. The number of benzene rings is 2. The molecule has 0 aromatic heterocycles. The number of ether oxygens (including phenoxy) is 1. The first-order valence-electron chi connectivity index (χ1n) is 9.32. The highest BCUT2D eigenvalue weighted by molar-refractivity contribution is 6.21. The summed E-state index contributed by atoms with van der Waals surface area (Å²) in [4.78, 5) is 13.1. The Balaban J connectivity index is 1.87. The standard InChI is InChI=1S/C23H27NO2/c1-23(2,20-13-15-24-16-14-20)26-22(25)21(19-11-7-4-8-12-19)17-18-9-5-3-6-10-18/h3-12,17,20,24H,13-16H2,1-2H3/b21-17+. The third kappa shape index (κ3) is 4.61. The summed E-state index contributed by atoms with van der Waals surface area (Å²) in [6.45, 7) is 6.03. The molecule has 136 valence electrons. The highest BCUT2D eigenvalue weighted by Crippen LogP contribution is 2.31. The zero-order valence-corrected chi connectivity index (χ0v) is 15.6. The minimum absolute atomic E-state index is 0.261. The Morgan fingerprint density at radius 3 is 2.19 bits per heavy atom. The number of piperidine rings is 1. The quantitative estimate of drug-likeness (QED) is 0.489. The van der Waals surface area contributed by atoms with E-state index < -0.39 is 5.60 Å². The van der Waals surface area contributed by atoms with E-state index in [1.54, 1.807) is 0 Å². The molecule has 3 heteroatoms. The highest BCUT2D eigenvalue weighted by Gasteiger charge is 2.35. The van der Waals surface area contributed by atoms with E-state index >= 15 is 0 Å². The van der Waals surface area contributed by atoms with Crippen molar-refractivity contribution in [3.63, 3.8) is 0 Å². The molecule has 3 nitrogen and oxygen atoms in total. The van der Waals surface area contributed by atoms with Crippen LogP contribution < -0.4 is 5.32 Å². The van der Waals surface area contributed by atoms with Crippen LogP contribution in [0.4, 0.5) is 0 Å². The molecule has 2 aromatic rings. The summed E-state index contributed by atoms with van der Waals surface area (Å²) < 4.78 is 6.03. The summed E-state index contributed by atoms with van der Waals surface area (Å²) in [6, 6.07) is 19.6. The van der Waals surface area contributed by atoms with Crippen molar-refractivity contribution in [2.75, 3.05) is 13.1 Å². The number of carbonyl (C=O) groups is 1. The van der Waals surface area contributed by atoms with Gasteiger partial charge in [0.2, 0.25) is 0 Å². The number of hydrogen-bond acceptors (Lipinski definition) is 3. The SMILES string of the molecule is CC(C)(OC(=O)/C(=C/c1ccccc1)c1ccccc1)C1CCNCC1. The third-order valence-electron chi connectivity index (χ3n) is 5.09. The summed E-state index contributed by atoms with van der Waals surface area (Å²) in [5.41, 5.74) is 1.98. The van der Waals surface area contributed by atoms with Gasteiger partial charge in [0.15, 0.2) is 0 Å². The lowest BCUT2D eigenvalue weighted by Crippen LogP contribution is -2.42. The van der Waals surface area contributed by atoms with Crippen molar-refractivity contribution in [3.05, 3.63) is 71.8 Å². The second kappa shape index (κ2) is 8.33. The van der Waals surface area contributed by atoms with E-state index in [4.69, 9.17) is 4.74 Å². The summed E-state index contributed by atoms with van der Waals surface area (Å²) >= 11 is 0. The number of esters is 1. The maximum atomic E-state index is 13.1. The van der Waals surface area contributed by atoms with Gasteiger partial charge in [-0.05, 0) is 57.0 Å². The Labute approximate surface area is 156 Å². The minimum Gasteiger partial charge on any atom is -0.456 e. The van der Waals surface area contributed by atoms with E-state index in [9.17, 15) is 4.79 Å². The highest BCUT2D eigenvalue weighted by atomic mass is 16.6. The summed E-state index contributed by atoms with van der Waals surface area (Å²) in [6.07, 6.45) is 3.98. The van der Waals surface area contributed by atoms with Crippen LogP contribution in [0.15, 0.2) is 60.7 Å². The first kappa shape index (κ1) is 18.4. The van der Waals surface area contributed by atoms with Gasteiger partial charge in [0.05, 0.1) is 5.57 Å². The molecule has 26 heavy (non-hydrogen) atoms. The molecule has 1 aliphatic rings. The predicted octanol–water partition coefficient (Wildman–Crippen LogP) is 4.55. The van der Waals surface area contributed by atoms with Gasteiger partial charge in [-0.3, -0.25) is 0 Å². The predicted molar refractivity (Wildman–Crippen MR) is 107 cm³/mol. The minimum atomic E-state index is -0.482. The molecule has 2 aromatic carbocycles. The zero-order chi connectivity index (χ0) is 18.4. The molecule has 0 spiro atoms. The van der Waals surface area contributed by atoms with Gasteiger partial charge in [-0.2, -0.15) is 0 Å². The Morgan fingerprint density at radius 1 is 1.00 bits per heavy atom. The first-order chi connectivity index (χ1) is 12.6. The van der Waals surface area contributed by atoms with Gasteiger partial charge in [-0.25, -0.2) is 4.79 Å². The molecule has 0 unspecified atom stereocenters. The van der Waals surface area contributed by atoms with Crippen molar-refractivity contribution in [2.24, 2.45) is 5.92 Å². The molecule has 0 atom stereocenters. The van der Waals surface area contributed by atoms with Crippen molar-refractivity contribution in [1.82, 2.24) is 5.32 Å². The van der Waals surface area contributed by atoms with Crippen molar-refractivity contribution in [1.29, 1.82) is 0 Å². The molecule has 0 radical (unpaired) electrons. The maximum absolute atomic E-state index is 13.1. The van der Waals surface area contributed by atoms with Gasteiger partial charge in [0.25, 0.3) is 0 Å². The van der Waals surface area contributed by atoms with Crippen LogP contribution in [0, 0.1) is 5.92 Å². The largest absolute Gasteiger partial charge is 0.456 e. The van der Waals surface area contributed by atoms with Gasteiger partial charge in [-0.15, -0.1) is 0 Å². The molecule has 1 saturated heterocycles. The second-order valence-corrected chi connectivity index (χ2v) is 7.35. The van der Waals surface area contributed by atoms with Gasteiger partial charge < -0.3 is 10.1 Å². The van der Waals surface area contributed by atoms with E-state index in [1.165, 1.54) is 0 Å². The van der Waals surface area contributed by atoms with E-state index in [1.807, 2.05) is 80.6 Å². The van der Waals surface area contributed by atoms with Gasteiger partial charge in [-0.1, -0.05) is 60.7 Å². The lowest BCUT2D eigenvalue weighted by Gasteiger charge is -2.37. The molecular formula is C23H27NO2. The molecule has 0 amide bonds. The van der Waals surface area contributed by atoms with Crippen LogP contribution in [-0.4, -0.2) is 24.7 Å². The molecule has 3 rings (SSSR count). The summed E-state index contributed by atoms with van der Waals surface area (Å²) in [5.74, 6) is 0.116. The van der Waals surface area contributed by atoms with Gasteiger partial charge >= 0.3 is 5.97 Å². The van der Waals surface area contributed by atoms with Crippen LogP contribution in [0.5, 0.6) is 0 Å². The van der Waals surface area contributed by atoms with E-state index in [0.29, 0.717) is 11.5 Å². The second-order valence-electron chi connectivity index (χ2n) is 7.35. The van der Waals surface area contributed by atoms with E-state index in [-0.39, 0.29) is 5.97 Å². The molecule has 1 aliphatic heterocycles. The van der Waals surface area contributed by atoms with Crippen LogP contribution in [0.3, 0.4) is 0 Å². The first-order valence-corrected chi connectivity index (χ1v) is 9.32. The van der Waals surface area contributed by atoms with Crippen LogP contribution in [0.25, 0.3) is 11.6 Å². The number of nitrogens with one attached hydrogen (secondary N) is 1. The van der Waals surface area contributed by atoms with Crippen molar-refractivity contribution < 1.29 is 9.53 Å². The Bertz CT molecular complexity index is 744. The molecule has 0 aliphatic carbocycles. The molecule has 1 fully saturated rings. The summed E-state index contributed by atoms with van der Waals surface area (Å²) in [5, 5.41) is 3.37. The number of rotatable bonds is 5. The summed E-state index contributed by atoms with van der Waals surface area (Å²) in [7, 11) is 0. The van der Waals surface area contributed by atoms with E-state index in [0.717, 1.165) is 37.1 Å². The lowest BCUT2D eigenvalue weighted by atomic mass is 9.83. The molecule has 1 heterocycles. The average Bonchev–Trinajstić information content (AvgIpc) is 2.68. The monoisotopic (exact) mass is 349 g/mol. The van der Waals surface area contributed by atoms with Crippen molar-refractivity contribution in [2.45, 2.75) is 32.3 Å². The molecule has 0 saturated carbocycles. The third-order valence-corrected chi connectivity index (χ3v) is 5.09. The molecule has 1 N–H and O–H groups in total. The Morgan fingerprint density at radius 2 is 1.58 bits per heavy atom. The fraction of sp³-hybridized carbons (Fsp3) is 0.348. The Hall–Kier alpha value is -2.39. The fourth-order valence-electron chi connectivity index (χ4n) is 3.49. The van der Waals surface area contributed by atoms with Gasteiger partial charge in [0.1, 0.15) is 5.60 Å². The maximum Gasteiger partial charge on any atom is 0.339 e. The average molecular weight is 349 g/mol. The number of hydrogen-bond donors (Lipinski definition) is 1. The van der Waals surface area contributed by atoms with E-state index in [2.05, 4.69) is 5.32 Å². The van der Waals surface area contributed by atoms with Crippen LogP contribution in [0.2, 0.25) is 0 Å². The molecular weight excluding hydrogens is 322 g/mol. The number of carbonyl (C=O) groups excluding carboxylic acids is 1. The molecule has 0 bridgehead atoms. The topological polar surface area (TPSA) is 38.3 Å². The zero-order valence-electron chi connectivity index (χ0n) is 15.6. The Kier molecular flexibility index (Phi) is 5.89.